The van der Waals surface area contributed by atoms with E-state index in [4.69, 9.17) is 4.74 Å². The van der Waals surface area contributed by atoms with E-state index in [2.05, 4.69) is 28.2 Å². The molecule has 0 aliphatic heterocycles. The first-order chi connectivity index (χ1) is 9.17. The maximum atomic E-state index is 11.9. The first kappa shape index (κ1) is 16.0. The maximum Gasteiger partial charge on any atom is 0.251 e. The van der Waals surface area contributed by atoms with Gasteiger partial charge >= 0.3 is 0 Å². The van der Waals surface area contributed by atoms with E-state index in [0.29, 0.717) is 5.56 Å². The highest BCUT2D eigenvalue weighted by atomic mass is 79.9. The average Bonchev–Trinajstić information content (AvgIpc) is 2.40. The lowest BCUT2D eigenvalue weighted by atomic mass is 10.2. The molecule has 0 bridgehead atoms. The van der Waals surface area contributed by atoms with Gasteiger partial charge < -0.3 is 10.1 Å². The molecule has 1 aromatic rings. The van der Waals surface area contributed by atoms with Gasteiger partial charge in [0.15, 0.2) is 0 Å². The van der Waals surface area contributed by atoms with Crippen molar-refractivity contribution in [2.24, 2.45) is 0 Å². The summed E-state index contributed by atoms with van der Waals surface area (Å²) < 4.78 is 5.56. The highest BCUT2D eigenvalue weighted by Gasteiger charge is 2.09. The number of hydrogen-bond donors (Lipinski definition) is 1. The SMILES string of the molecule is CCCCOc1ccc(C(=O)NC(C)CCBr)cc1. The lowest BCUT2D eigenvalue weighted by molar-refractivity contribution is 0.0939. The Kier molecular flexibility index (Phi) is 7.56. The standard InChI is InChI=1S/C15H22BrNO2/c1-3-4-11-19-14-7-5-13(6-8-14)15(18)17-12(2)9-10-16/h5-8,12H,3-4,9-11H2,1-2H3,(H,17,18). The average molecular weight is 328 g/mol. The van der Waals surface area contributed by atoms with Crippen molar-refractivity contribution in [1.29, 1.82) is 0 Å². The van der Waals surface area contributed by atoms with E-state index in [-0.39, 0.29) is 11.9 Å². The Hall–Kier alpha value is -1.03. The lowest BCUT2D eigenvalue weighted by Gasteiger charge is -2.12. The second kappa shape index (κ2) is 8.97. The molecule has 1 aromatic carbocycles. The van der Waals surface area contributed by atoms with Gasteiger partial charge in [0.05, 0.1) is 6.61 Å². The zero-order valence-electron chi connectivity index (χ0n) is 11.6. The Bertz CT molecular complexity index is 378. The number of unbranched alkanes of at least 4 members (excludes halogenated alkanes) is 1. The van der Waals surface area contributed by atoms with E-state index in [1.54, 1.807) is 12.1 Å². The highest BCUT2D eigenvalue weighted by Crippen LogP contribution is 2.13. The van der Waals surface area contributed by atoms with Crippen LogP contribution in [0.3, 0.4) is 0 Å². The third kappa shape index (κ3) is 6.10. The van der Waals surface area contributed by atoms with Crippen molar-refractivity contribution in [1.82, 2.24) is 5.32 Å². The van der Waals surface area contributed by atoms with Crippen LogP contribution in [0.4, 0.5) is 0 Å². The monoisotopic (exact) mass is 327 g/mol. The maximum absolute atomic E-state index is 11.9. The Morgan fingerprint density at radius 1 is 1.37 bits per heavy atom. The molecular weight excluding hydrogens is 306 g/mol. The third-order valence-corrected chi connectivity index (χ3v) is 3.26. The van der Waals surface area contributed by atoms with Crippen LogP contribution in [-0.4, -0.2) is 23.9 Å². The summed E-state index contributed by atoms with van der Waals surface area (Å²) in [5, 5.41) is 3.85. The van der Waals surface area contributed by atoms with E-state index in [0.717, 1.165) is 36.9 Å². The fourth-order valence-corrected chi connectivity index (χ4v) is 2.27. The summed E-state index contributed by atoms with van der Waals surface area (Å²) in [6.45, 7) is 4.86. The fourth-order valence-electron chi connectivity index (χ4n) is 1.58. The van der Waals surface area contributed by atoms with Gasteiger partial charge in [-0.3, -0.25) is 4.79 Å². The molecule has 0 radical (unpaired) electrons. The fraction of sp³-hybridized carbons (Fsp3) is 0.533. The summed E-state index contributed by atoms with van der Waals surface area (Å²) in [7, 11) is 0. The zero-order chi connectivity index (χ0) is 14.1. The van der Waals surface area contributed by atoms with Gasteiger partial charge in [-0.1, -0.05) is 29.3 Å². The second-order valence-corrected chi connectivity index (χ2v) is 5.37. The van der Waals surface area contributed by atoms with Crippen LogP contribution in [0.2, 0.25) is 0 Å². The lowest BCUT2D eigenvalue weighted by Crippen LogP contribution is -2.32. The third-order valence-electron chi connectivity index (χ3n) is 2.80. The molecule has 0 aliphatic rings. The van der Waals surface area contributed by atoms with E-state index in [9.17, 15) is 4.79 Å². The number of ether oxygens (including phenoxy) is 1. The van der Waals surface area contributed by atoms with Crippen molar-refractivity contribution in [2.75, 3.05) is 11.9 Å². The Balaban J connectivity index is 2.48. The molecule has 0 saturated carbocycles. The topological polar surface area (TPSA) is 38.3 Å². The minimum absolute atomic E-state index is 0.0337. The number of hydrogen-bond acceptors (Lipinski definition) is 2. The molecule has 1 atom stereocenters. The van der Waals surface area contributed by atoms with Gasteiger partial charge in [-0.25, -0.2) is 0 Å². The van der Waals surface area contributed by atoms with E-state index in [1.165, 1.54) is 0 Å². The summed E-state index contributed by atoms with van der Waals surface area (Å²) in [5.74, 6) is 0.784. The van der Waals surface area contributed by atoms with E-state index >= 15 is 0 Å². The van der Waals surface area contributed by atoms with Crippen LogP contribution in [0, 0.1) is 0 Å². The van der Waals surface area contributed by atoms with Crippen molar-refractivity contribution in [3.63, 3.8) is 0 Å². The van der Waals surface area contributed by atoms with Crippen molar-refractivity contribution in [2.45, 2.75) is 39.2 Å². The molecule has 1 rings (SSSR count). The smallest absolute Gasteiger partial charge is 0.251 e. The second-order valence-electron chi connectivity index (χ2n) is 4.58. The predicted molar refractivity (Wildman–Crippen MR) is 82.2 cm³/mol. The minimum Gasteiger partial charge on any atom is -0.494 e. The molecule has 0 spiro atoms. The number of rotatable bonds is 8. The van der Waals surface area contributed by atoms with E-state index < -0.39 is 0 Å². The van der Waals surface area contributed by atoms with Crippen LogP contribution in [0.15, 0.2) is 24.3 Å². The normalized spacial score (nSPS) is 11.9. The van der Waals surface area contributed by atoms with Crippen LogP contribution in [0.25, 0.3) is 0 Å². The quantitative estimate of drug-likeness (QED) is 0.583. The zero-order valence-corrected chi connectivity index (χ0v) is 13.2. The van der Waals surface area contributed by atoms with Gasteiger partial charge in [-0.15, -0.1) is 0 Å². The number of carbonyl (C=O) groups excluding carboxylic acids is 1. The van der Waals surface area contributed by atoms with Gasteiger partial charge in [0.1, 0.15) is 5.75 Å². The summed E-state index contributed by atoms with van der Waals surface area (Å²) in [4.78, 5) is 11.9. The molecule has 3 nitrogen and oxygen atoms in total. The van der Waals surface area contributed by atoms with Gasteiger partial charge in [0.25, 0.3) is 5.91 Å². The molecule has 0 aromatic heterocycles. The number of alkyl halides is 1. The van der Waals surface area contributed by atoms with Crippen molar-refractivity contribution >= 4 is 21.8 Å². The number of carbonyl (C=O) groups is 1. The van der Waals surface area contributed by atoms with Crippen molar-refractivity contribution in [3.8, 4) is 5.75 Å². The molecular formula is C15H22BrNO2. The molecule has 4 heteroatoms. The first-order valence-corrected chi connectivity index (χ1v) is 7.89. The van der Waals surface area contributed by atoms with Crippen LogP contribution < -0.4 is 10.1 Å². The molecule has 106 valence electrons. The molecule has 1 unspecified atom stereocenters. The molecule has 1 N–H and O–H groups in total. The first-order valence-electron chi connectivity index (χ1n) is 6.77. The summed E-state index contributed by atoms with van der Waals surface area (Å²) >= 11 is 3.37. The largest absolute Gasteiger partial charge is 0.494 e. The summed E-state index contributed by atoms with van der Waals surface area (Å²) in [6, 6.07) is 7.47. The number of amides is 1. The van der Waals surface area contributed by atoms with Crippen LogP contribution in [-0.2, 0) is 0 Å². The molecule has 0 heterocycles. The number of nitrogens with one attached hydrogen (secondary N) is 1. The Morgan fingerprint density at radius 2 is 2.05 bits per heavy atom. The number of benzene rings is 1. The Labute approximate surface area is 123 Å². The molecule has 1 amide bonds. The van der Waals surface area contributed by atoms with Gasteiger partial charge in [0, 0.05) is 16.9 Å². The highest BCUT2D eigenvalue weighted by molar-refractivity contribution is 9.09. The molecule has 0 saturated heterocycles. The Morgan fingerprint density at radius 3 is 2.63 bits per heavy atom. The van der Waals surface area contributed by atoms with Gasteiger partial charge in [-0.2, -0.15) is 0 Å². The number of halogens is 1. The van der Waals surface area contributed by atoms with Gasteiger partial charge in [-0.05, 0) is 44.0 Å². The minimum atomic E-state index is -0.0337. The molecule has 0 aliphatic carbocycles. The van der Waals surface area contributed by atoms with Crippen LogP contribution >= 0.6 is 15.9 Å². The van der Waals surface area contributed by atoms with Crippen LogP contribution in [0.1, 0.15) is 43.5 Å². The molecule has 19 heavy (non-hydrogen) atoms. The van der Waals surface area contributed by atoms with Crippen LogP contribution in [0.5, 0.6) is 5.75 Å². The summed E-state index contributed by atoms with van der Waals surface area (Å²) in [5.41, 5.74) is 0.671. The van der Waals surface area contributed by atoms with Gasteiger partial charge in [0.2, 0.25) is 0 Å². The predicted octanol–water partition coefficient (Wildman–Crippen LogP) is 3.77. The molecule has 0 fully saturated rings. The van der Waals surface area contributed by atoms with Crippen molar-refractivity contribution in [3.05, 3.63) is 29.8 Å². The van der Waals surface area contributed by atoms with Crippen molar-refractivity contribution < 1.29 is 9.53 Å². The van der Waals surface area contributed by atoms with E-state index in [1.807, 2.05) is 19.1 Å². The summed E-state index contributed by atoms with van der Waals surface area (Å²) in [6.07, 6.45) is 3.09.